The van der Waals surface area contributed by atoms with Crippen molar-refractivity contribution in [2.45, 2.75) is 25.7 Å². The molecule has 1 aromatic carbocycles. The number of ether oxygens (including phenoxy) is 1. The van der Waals surface area contributed by atoms with Crippen molar-refractivity contribution in [1.82, 2.24) is 0 Å². The summed E-state index contributed by atoms with van der Waals surface area (Å²) in [5.41, 5.74) is 5.33. The minimum atomic E-state index is -1.27. The average molecular weight is 332 g/mol. The van der Waals surface area contributed by atoms with E-state index < -0.39 is 5.97 Å². The fourth-order valence-corrected chi connectivity index (χ4v) is 2.58. The number of carboxylic acids is 1. The second kappa shape index (κ2) is 9.00. The van der Waals surface area contributed by atoms with Crippen LogP contribution in [-0.2, 0) is 4.79 Å². The molecule has 0 spiro atoms. The number of rotatable bonds is 4. The van der Waals surface area contributed by atoms with Crippen LogP contribution in [0.2, 0.25) is 0 Å². The molecule has 1 radical (unpaired) electrons. The van der Waals surface area contributed by atoms with Gasteiger partial charge in [0.25, 0.3) is 0 Å². The van der Waals surface area contributed by atoms with E-state index >= 15 is 0 Å². The molecule has 4 N–H and O–H groups in total. The summed E-state index contributed by atoms with van der Waals surface area (Å²) in [5, 5.41) is 18.3. The van der Waals surface area contributed by atoms with E-state index in [9.17, 15) is 14.7 Å². The Morgan fingerprint density at radius 1 is 1.23 bits per heavy atom. The summed E-state index contributed by atoms with van der Waals surface area (Å²) in [6, 6.07) is 3.74. The third-order valence-corrected chi connectivity index (χ3v) is 3.93. The first kappa shape index (κ1) is 19.6. The number of carbonyl (C=O) groups is 2. The summed E-state index contributed by atoms with van der Waals surface area (Å²) in [4.78, 5) is 23.0. The normalized spacial score (nSPS) is 20.8. The number of phenols is 1. The molecule has 7 heteroatoms. The van der Waals surface area contributed by atoms with Gasteiger partial charge in [0.05, 0.1) is 5.92 Å². The molecule has 0 atom stereocenters. The molecule has 0 unspecified atom stereocenters. The molecule has 0 aromatic heterocycles. The summed E-state index contributed by atoms with van der Waals surface area (Å²) in [6.45, 7) is 0.641. The Bertz CT molecular complexity index is 541. The molecule has 1 fully saturated rings. The smallest absolute Gasteiger partial charge is 0.339 e. The van der Waals surface area contributed by atoms with Gasteiger partial charge in [0.1, 0.15) is 17.1 Å². The molecule has 1 saturated carbocycles. The third kappa shape index (κ3) is 5.04. The van der Waals surface area contributed by atoms with Crippen LogP contribution in [0.15, 0.2) is 18.2 Å². The Morgan fingerprint density at radius 2 is 1.86 bits per heavy atom. The zero-order chi connectivity index (χ0) is 15.4. The number of hydrogen-bond donors (Lipinski definition) is 3. The first-order chi connectivity index (χ1) is 10.0. The van der Waals surface area contributed by atoms with Crippen LogP contribution in [0.4, 0.5) is 0 Å². The van der Waals surface area contributed by atoms with Gasteiger partial charge < -0.3 is 20.7 Å². The molecule has 0 saturated heterocycles. The van der Waals surface area contributed by atoms with Gasteiger partial charge in [-0.05, 0) is 56.3 Å². The maximum absolute atomic E-state index is 12.1. The number of carbonyl (C=O) groups excluding carboxylic acids is 1. The predicted octanol–water partition coefficient (Wildman–Crippen LogP) is 1.38. The van der Waals surface area contributed by atoms with Crippen LogP contribution in [0.25, 0.3) is 0 Å². The molecular formula is C15H19KNO5. The Labute approximate surface area is 171 Å². The van der Waals surface area contributed by atoms with Crippen molar-refractivity contribution in [3.05, 3.63) is 23.8 Å². The maximum atomic E-state index is 12.1. The molecule has 0 bridgehead atoms. The fourth-order valence-electron chi connectivity index (χ4n) is 2.58. The van der Waals surface area contributed by atoms with E-state index in [0.29, 0.717) is 12.5 Å². The van der Waals surface area contributed by atoms with Gasteiger partial charge in [-0.1, -0.05) is 0 Å². The van der Waals surface area contributed by atoms with Gasteiger partial charge in [-0.25, -0.2) is 4.79 Å². The molecule has 0 aliphatic heterocycles. The first-order valence-corrected chi connectivity index (χ1v) is 6.99. The van der Waals surface area contributed by atoms with Crippen molar-refractivity contribution in [3.63, 3.8) is 0 Å². The van der Waals surface area contributed by atoms with E-state index in [0.717, 1.165) is 31.7 Å². The SMILES string of the molecule is NCC1CCC(C(=O)Oc2ccc(O)c(C(=O)O)c2)CC1.[K]. The molecule has 6 nitrogen and oxygen atoms in total. The largest absolute Gasteiger partial charge is 0.507 e. The third-order valence-electron chi connectivity index (χ3n) is 3.93. The van der Waals surface area contributed by atoms with Crippen molar-refractivity contribution >= 4 is 63.3 Å². The molecular weight excluding hydrogens is 313 g/mol. The van der Waals surface area contributed by atoms with Crippen LogP contribution in [0, 0.1) is 11.8 Å². The Morgan fingerprint density at radius 3 is 2.41 bits per heavy atom. The molecule has 1 aromatic rings. The van der Waals surface area contributed by atoms with Crippen LogP contribution in [0.3, 0.4) is 0 Å². The molecule has 115 valence electrons. The predicted molar refractivity (Wildman–Crippen MR) is 81.0 cm³/mol. The minimum absolute atomic E-state index is 0. The standard InChI is InChI=1S/C15H19NO5.K/c16-8-9-1-3-10(4-2-9)15(20)21-11-5-6-13(17)12(7-11)14(18)19;/h5-7,9-10,17H,1-4,8,16H2,(H,18,19);. The van der Waals surface area contributed by atoms with Gasteiger partial charge >= 0.3 is 11.9 Å². The summed E-state index contributed by atoms with van der Waals surface area (Å²) < 4.78 is 5.22. The number of aromatic carboxylic acids is 1. The van der Waals surface area contributed by atoms with Crippen LogP contribution in [0.1, 0.15) is 36.0 Å². The Balaban J connectivity index is 0.00000242. The zero-order valence-electron chi connectivity index (χ0n) is 12.6. The number of benzene rings is 1. The van der Waals surface area contributed by atoms with Crippen molar-refractivity contribution in [2.75, 3.05) is 6.54 Å². The van der Waals surface area contributed by atoms with E-state index in [1.807, 2.05) is 0 Å². The second-order valence-corrected chi connectivity index (χ2v) is 5.36. The summed E-state index contributed by atoms with van der Waals surface area (Å²) in [6.07, 6.45) is 3.30. The monoisotopic (exact) mass is 332 g/mol. The summed E-state index contributed by atoms with van der Waals surface area (Å²) >= 11 is 0. The number of hydrogen-bond acceptors (Lipinski definition) is 5. The summed E-state index contributed by atoms with van der Waals surface area (Å²) in [5.74, 6) is -1.54. The van der Waals surface area contributed by atoms with Crippen molar-refractivity contribution in [3.8, 4) is 11.5 Å². The Kier molecular flexibility index (Phi) is 8.02. The molecule has 2 rings (SSSR count). The Hall–Kier alpha value is -0.444. The molecule has 22 heavy (non-hydrogen) atoms. The van der Waals surface area contributed by atoms with E-state index in [1.54, 1.807) is 0 Å². The fraction of sp³-hybridized carbons (Fsp3) is 0.467. The minimum Gasteiger partial charge on any atom is -0.507 e. The maximum Gasteiger partial charge on any atom is 0.339 e. The number of aromatic hydroxyl groups is 1. The van der Waals surface area contributed by atoms with Crippen molar-refractivity contribution < 1.29 is 24.5 Å². The van der Waals surface area contributed by atoms with Crippen molar-refractivity contribution in [1.29, 1.82) is 0 Å². The second-order valence-electron chi connectivity index (χ2n) is 5.36. The van der Waals surface area contributed by atoms with Crippen LogP contribution >= 0.6 is 0 Å². The average Bonchev–Trinajstić information content (AvgIpc) is 2.49. The van der Waals surface area contributed by atoms with E-state index in [4.69, 9.17) is 15.6 Å². The molecule has 0 amide bonds. The van der Waals surface area contributed by atoms with Gasteiger partial charge in [0, 0.05) is 51.4 Å². The number of carboxylic acid groups (broad SMARTS) is 1. The van der Waals surface area contributed by atoms with Crippen LogP contribution in [-0.4, -0.2) is 80.1 Å². The quantitative estimate of drug-likeness (QED) is 0.436. The van der Waals surface area contributed by atoms with Gasteiger partial charge in [0.2, 0.25) is 0 Å². The first-order valence-electron chi connectivity index (χ1n) is 6.99. The van der Waals surface area contributed by atoms with E-state index in [1.165, 1.54) is 12.1 Å². The molecule has 1 aliphatic carbocycles. The van der Waals surface area contributed by atoms with E-state index in [-0.39, 0.29) is 80.3 Å². The number of esters is 1. The summed E-state index contributed by atoms with van der Waals surface area (Å²) in [7, 11) is 0. The van der Waals surface area contributed by atoms with Gasteiger partial charge in [0.15, 0.2) is 0 Å². The molecule has 0 heterocycles. The van der Waals surface area contributed by atoms with Crippen LogP contribution in [0.5, 0.6) is 11.5 Å². The van der Waals surface area contributed by atoms with Gasteiger partial charge in [-0.3, -0.25) is 4.79 Å². The zero-order valence-corrected chi connectivity index (χ0v) is 15.7. The van der Waals surface area contributed by atoms with Crippen molar-refractivity contribution in [2.24, 2.45) is 17.6 Å². The number of nitrogens with two attached hydrogens (primary N) is 1. The topological polar surface area (TPSA) is 110 Å². The van der Waals surface area contributed by atoms with Gasteiger partial charge in [-0.15, -0.1) is 0 Å². The molecule has 1 aliphatic rings. The van der Waals surface area contributed by atoms with Crippen LogP contribution < -0.4 is 10.5 Å². The van der Waals surface area contributed by atoms with E-state index in [2.05, 4.69) is 0 Å². The van der Waals surface area contributed by atoms with Gasteiger partial charge in [-0.2, -0.15) is 0 Å².